The number of hydrogen-bond donors (Lipinski definition) is 1. The summed E-state index contributed by atoms with van der Waals surface area (Å²) in [5.74, 6) is -1.47. The highest BCUT2D eigenvalue weighted by molar-refractivity contribution is 6.35. The van der Waals surface area contributed by atoms with Crippen molar-refractivity contribution in [2.45, 2.75) is 13.0 Å². The number of esters is 1. The van der Waals surface area contributed by atoms with E-state index in [9.17, 15) is 19.7 Å². The maximum Gasteiger partial charge on any atom is 0.331 e. The fourth-order valence-corrected chi connectivity index (χ4v) is 2.51. The Hall–Kier alpha value is -2.90. The molecule has 0 unspecified atom stereocenters. The Morgan fingerprint density at radius 2 is 1.93 bits per heavy atom. The van der Waals surface area contributed by atoms with Crippen molar-refractivity contribution < 1.29 is 19.2 Å². The number of halogens is 2. The van der Waals surface area contributed by atoms with Crippen molar-refractivity contribution in [1.82, 2.24) is 0 Å². The summed E-state index contributed by atoms with van der Waals surface area (Å²) < 4.78 is 4.99. The van der Waals surface area contributed by atoms with E-state index in [-0.39, 0.29) is 11.4 Å². The molecule has 0 aliphatic carbocycles. The maximum atomic E-state index is 12.1. The molecule has 2 aromatic carbocycles. The number of carbonyl (C=O) groups is 2. The molecule has 0 heterocycles. The first-order valence-electron chi connectivity index (χ1n) is 7.66. The predicted molar refractivity (Wildman–Crippen MR) is 103 cm³/mol. The van der Waals surface area contributed by atoms with Crippen LogP contribution in [0, 0.1) is 10.1 Å². The zero-order valence-corrected chi connectivity index (χ0v) is 15.5. The smallest absolute Gasteiger partial charge is 0.331 e. The van der Waals surface area contributed by atoms with Crippen LogP contribution in [0.15, 0.2) is 48.5 Å². The number of nitro groups is 1. The van der Waals surface area contributed by atoms with Gasteiger partial charge in [-0.25, -0.2) is 4.79 Å². The standard InChI is InChI=1S/C18H14Cl2N2O5/c1-11(18(24)21-15-4-2-3-5-16(15)22(25)26)27-17(23)9-7-12-6-8-13(19)10-14(12)20/h2-11H,1H3,(H,21,24)/b9-7+/t11-/m0/s1. The first-order chi connectivity index (χ1) is 12.8. The number of ether oxygens (including phenoxy) is 1. The molecule has 140 valence electrons. The molecule has 0 saturated heterocycles. The number of hydrogen-bond acceptors (Lipinski definition) is 5. The molecule has 27 heavy (non-hydrogen) atoms. The minimum Gasteiger partial charge on any atom is -0.449 e. The lowest BCUT2D eigenvalue weighted by atomic mass is 10.2. The van der Waals surface area contributed by atoms with Crippen LogP contribution in [0.5, 0.6) is 0 Å². The zero-order chi connectivity index (χ0) is 20.0. The Balaban J connectivity index is 1.98. The molecule has 0 fully saturated rings. The van der Waals surface area contributed by atoms with Crippen molar-refractivity contribution in [2.75, 3.05) is 5.32 Å². The van der Waals surface area contributed by atoms with Gasteiger partial charge in [-0.2, -0.15) is 0 Å². The average Bonchev–Trinajstić information content (AvgIpc) is 2.61. The van der Waals surface area contributed by atoms with E-state index in [2.05, 4.69) is 5.32 Å². The third-order valence-electron chi connectivity index (χ3n) is 3.38. The summed E-state index contributed by atoms with van der Waals surface area (Å²) >= 11 is 11.8. The van der Waals surface area contributed by atoms with E-state index in [0.29, 0.717) is 15.6 Å². The predicted octanol–water partition coefficient (Wildman–Crippen LogP) is 4.49. The number of nitrogens with one attached hydrogen (secondary N) is 1. The summed E-state index contributed by atoms with van der Waals surface area (Å²) in [5.41, 5.74) is 0.301. The third kappa shape index (κ3) is 5.80. The molecule has 9 heteroatoms. The molecule has 2 rings (SSSR count). The van der Waals surface area contributed by atoms with Crippen LogP contribution in [-0.4, -0.2) is 22.9 Å². The first kappa shape index (κ1) is 20.4. The summed E-state index contributed by atoms with van der Waals surface area (Å²) in [7, 11) is 0. The van der Waals surface area contributed by atoms with Crippen LogP contribution in [0.2, 0.25) is 10.0 Å². The molecule has 0 spiro atoms. The first-order valence-corrected chi connectivity index (χ1v) is 8.41. The highest BCUT2D eigenvalue weighted by Gasteiger charge is 2.20. The lowest BCUT2D eigenvalue weighted by Gasteiger charge is -2.12. The minimum absolute atomic E-state index is 0.0129. The van der Waals surface area contributed by atoms with E-state index in [4.69, 9.17) is 27.9 Å². The highest BCUT2D eigenvalue weighted by atomic mass is 35.5. The van der Waals surface area contributed by atoms with E-state index in [1.54, 1.807) is 12.1 Å². The number of benzene rings is 2. The van der Waals surface area contributed by atoms with E-state index in [1.165, 1.54) is 43.3 Å². The fourth-order valence-electron chi connectivity index (χ4n) is 2.03. The van der Waals surface area contributed by atoms with Gasteiger partial charge in [-0.1, -0.05) is 41.4 Å². The molecular formula is C18H14Cl2N2O5. The van der Waals surface area contributed by atoms with Crippen molar-refractivity contribution in [3.05, 3.63) is 74.3 Å². The van der Waals surface area contributed by atoms with Gasteiger partial charge in [0.1, 0.15) is 5.69 Å². The van der Waals surface area contributed by atoms with Crippen molar-refractivity contribution in [3.63, 3.8) is 0 Å². The van der Waals surface area contributed by atoms with Crippen molar-refractivity contribution in [3.8, 4) is 0 Å². The average molecular weight is 409 g/mol. The SMILES string of the molecule is C[C@H](OC(=O)/C=C/c1ccc(Cl)cc1Cl)C(=O)Nc1ccccc1[N+](=O)[O-]. The lowest BCUT2D eigenvalue weighted by Crippen LogP contribution is -2.29. The Morgan fingerprint density at radius 3 is 2.59 bits per heavy atom. The second-order valence-electron chi connectivity index (χ2n) is 5.34. The number of rotatable bonds is 6. The van der Waals surface area contributed by atoms with Crippen LogP contribution in [0.1, 0.15) is 12.5 Å². The molecule has 7 nitrogen and oxygen atoms in total. The molecule has 0 radical (unpaired) electrons. The van der Waals surface area contributed by atoms with Gasteiger partial charge in [0.05, 0.1) is 4.92 Å². The summed E-state index contributed by atoms with van der Waals surface area (Å²) in [4.78, 5) is 34.3. The van der Waals surface area contributed by atoms with Crippen molar-refractivity contribution in [1.29, 1.82) is 0 Å². The Kier molecular flexibility index (Phi) is 6.92. The van der Waals surface area contributed by atoms with Crippen LogP contribution < -0.4 is 5.32 Å². The van der Waals surface area contributed by atoms with E-state index in [1.807, 2.05) is 0 Å². The second kappa shape index (κ2) is 9.16. The van der Waals surface area contributed by atoms with Gasteiger partial charge >= 0.3 is 5.97 Å². The summed E-state index contributed by atoms with van der Waals surface area (Å²) in [6.45, 7) is 1.35. The quantitative estimate of drug-likeness (QED) is 0.328. The Morgan fingerprint density at radius 1 is 1.22 bits per heavy atom. The minimum atomic E-state index is -1.16. The highest BCUT2D eigenvalue weighted by Crippen LogP contribution is 2.24. The van der Waals surface area contributed by atoms with E-state index >= 15 is 0 Å². The number of amides is 1. The van der Waals surface area contributed by atoms with Crippen LogP contribution in [0.3, 0.4) is 0 Å². The molecule has 1 atom stereocenters. The van der Waals surface area contributed by atoms with Gasteiger partial charge in [0.25, 0.3) is 11.6 Å². The van der Waals surface area contributed by atoms with Gasteiger partial charge in [-0.3, -0.25) is 14.9 Å². The van der Waals surface area contributed by atoms with Crippen molar-refractivity contribution in [2.24, 2.45) is 0 Å². The Bertz CT molecular complexity index is 914. The van der Waals surface area contributed by atoms with Gasteiger partial charge in [0.15, 0.2) is 6.10 Å². The molecule has 0 aliphatic heterocycles. The third-order valence-corrected chi connectivity index (χ3v) is 3.94. The molecule has 0 saturated carbocycles. The molecule has 0 aliphatic rings. The van der Waals surface area contributed by atoms with Crippen LogP contribution >= 0.6 is 23.2 Å². The molecule has 0 bridgehead atoms. The van der Waals surface area contributed by atoms with Gasteiger partial charge in [0, 0.05) is 22.2 Å². The summed E-state index contributed by atoms with van der Waals surface area (Å²) in [5, 5.41) is 14.1. The summed E-state index contributed by atoms with van der Waals surface area (Å²) in [6, 6.07) is 10.4. The Labute approximate surface area is 164 Å². The van der Waals surface area contributed by atoms with Gasteiger partial charge in [0.2, 0.25) is 0 Å². The molecule has 1 N–H and O–H groups in total. The van der Waals surface area contributed by atoms with Gasteiger partial charge in [-0.05, 0) is 36.8 Å². The molecule has 0 aromatic heterocycles. The molecule has 1 amide bonds. The lowest BCUT2D eigenvalue weighted by molar-refractivity contribution is -0.383. The zero-order valence-electron chi connectivity index (χ0n) is 14.0. The summed E-state index contributed by atoms with van der Waals surface area (Å²) in [6.07, 6.45) is 1.37. The monoisotopic (exact) mass is 408 g/mol. The molecular weight excluding hydrogens is 395 g/mol. The number of carbonyl (C=O) groups excluding carboxylic acids is 2. The number of para-hydroxylation sites is 2. The van der Waals surface area contributed by atoms with E-state index < -0.39 is 22.9 Å². The van der Waals surface area contributed by atoms with Crippen LogP contribution in [0.4, 0.5) is 11.4 Å². The largest absolute Gasteiger partial charge is 0.449 e. The second-order valence-corrected chi connectivity index (χ2v) is 6.19. The van der Waals surface area contributed by atoms with Crippen molar-refractivity contribution >= 4 is 52.5 Å². The van der Waals surface area contributed by atoms with Crippen LogP contribution in [0.25, 0.3) is 6.08 Å². The number of nitrogens with zero attached hydrogens (tertiary/aromatic N) is 1. The normalized spacial score (nSPS) is 11.8. The number of anilines is 1. The van der Waals surface area contributed by atoms with E-state index in [0.717, 1.165) is 6.08 Å². The fraction of sp³-hybridized carbons (Fsp3) is 0.111. The van der Waals surface area contributed by atoms with Gasteiger partial charge < -0.3 is 10.1 Å². The topological polar surface area (TPSA) is 98.5 Å². The number of nitro benzene ring substituents is 1. The molecule has 2 aromatic rings. The van der Waals surface area contributed by atoms with Gasteiger partial charge in [-0.15, -0.1) is 0 Å². The van der Waals surface area contributed by atoms with Crippen LogP contribution in [-0.2, 0) is 14.3 Å². The maximum absolute atomic E-state index is 12.1.